The lowest BCUT2D eigenvalue weighted by molar-refractivity contribution is -0.142. The number of carboxylic acids is 1. The van der Waals surface area contributed by atoms with Crippen molar-refractivity contribution < 1.29 is 29.4 Å². The molecule has 1 aromatic heterocycles. The number of aromatic nitrogens is 1. The van der Waals surface area contributed by atoms with Gasteiger partial charge in [-0.25, -0.2) is 0 Å². The summed E-state index contributed by atoms with van der Waals surface area (Å²) in [5.74, 6) is -3.42. The minimum Gasteiger partial charge on any atom is -0.480 e. The highest BCUT2D eigenvalue weighted by Crippen LogP contribution is 2.18. The molecule has 11 heteroatoms. The molecule has 8 N–H and O–H groups in total. The first-order valence-corrected chi connectivity index (χ1v) is 12.2. The molecule has 0 fully saturated rings. The molecule has 5 atom stereocenters. The fraction of sp³-hybridized carbons (Fsp3) is 0.333. The predicted octanol–water partition coefficient (Wildman–Crippen LogP) is 0.220. The van der Waals surface area contributed by atoms with Gasteiger partial charge in [0.05, 0.1) is 12.1 Å². The number of carboxylic acid groups (broad SMARTS) is 1. The third kappa shape index (κ3) is 7.40. The number of nitrogens with one attached hydrogen (secondary N) is 4. The molecule has 0 aliphatic carbocycles. The molecule has 0 radical (unpaired) electrons. The first kappa shape index (κ1) is 28.4. The summed E-state index contributed by atoms with van der Waals surface area (Å²) < 4.78 is 0. The number of hydrogen-bond donors (Lipinski definition) is 7. The summed E-state index contributed by atoms with van der Waals surface area (Å²) in [6, 6.07) is 11.6. The molecule has 3 rings (SSSR count). The number of aliphatic hydroxyl groups is 1. The van der Waals surface area contributed by atoms with E-state index < -0.39 is 54.0 Å². The van der Waals surface area contributed by atoms with E-state index in [9.17, 15) is 24.3 Å². The van der Waals surface area contributed by atoms with Crippen molar-refractivity contribution in [3.8, 4) is 0 Å². The predicted molar refractivity (Wildman–Crippen MR) is 141 cm³/mol. The van der Waals surface area contributed by atoms with Crippen LogP contribution in [0, 0.1) is 0 Å². The number of para-hydroxylation sites is 1. The molecule has 0 aliphatic rings. The van der Waals surface area contributed by atoms with Crippen molar-refractivity contribution in [3.05, 3.63) is 71.9 Å². The Labute approximate surface area is 219 Å². The van der Waals surface area contributed by atoms with E-state index in [1.54, 1.807) is 36.5 Å². The van der Waals surface area contributed by atoms with Crippen molar-refractivity contribution in [2.75, 3.05) is 0 Å². The first-order valence-electron chi connectivity index (χ1n) is 12.2. The molecule has 202 valence electrons. The van der Waals surface area contributed by atoms with E-state index in [-0.39, 0.29) is 12.8 Å². The summed E-state index contributed by atoms with van der Waals surface area (Å²) >= 11 is 0. The normalized spacial score (nSPS) is 15.1. The third-order valence-electron chi connectivity index (χ3n) is 6.16. The maximum Gasteiger partial charge on any atom is 0.325 e. The van der Waals surface area contributed by atoms with Crippen molar-refractivity contribution >= 4 is 34.6 Å². The zero-order chi connectivity index (χ0) is 27.8. The van der Waals surface area contributed by atoms with E-state index in [1.165, 1.54) is 13.8 Å². The van der Waals surface area contributed by atoms with Crippen LogP contribution < -0.4 is 21.7 Å². The highest BCUT2D eigenvalue weighted by atomic mass is 16.4. The van der Waals surface area contributed by atoms with E-state index in [1.807, 2.05) is 24.3 Å². The number of aliphatic carboxylic acids is 1. The lowest BCUT2D eigenvalue weighted by Gasteiger charge is -2.26. The Morgan fingerprint density at radius 2 is 1.53 bits per heavy atom. The van der Waals surface area contributed by atoms with E-state index in [0.717, 1.165) is 16.5 Å². The van der Waals surface area contributed by atoms with Gasteiger partial charge in [0, 0.05) is 23.5 Å². The first-order chi connectivity index (χ1) is 18.1. The van der Waals surface area contributed by atoms with Gasteiger partial charge < -0.3 is 36.9 Å². The highest BCUT2D eigenvalue weighted by molar-refractivity contribution is 5.94. The van der Waals surface area contributed by atoms with Gasteiger partial charge in [0.2, 0.25) is 17.7 Å². The maximum atomic E-state index is 13.1. The second-order valence-corrected chi connectivity index (χ2v) is 9.22. The van der Waals surface area contributed by atoms with Gasteiger partial charge in [-0.2, -0.15) is 0 Å². The van der Waals surface area contributed by atoms with E-state index in [4.69, 9.17) is 10.8 Å². The minimum absolute atomic E-state index is 0.0608. The minimum atomic E-state index is -1.40. The standard InChI is InChI=1S/C27H33N5O6/c1-15(27(37)38)30-25(35)22(12-17-8-4-3-5-9-17)31-26(36)23(16(2)33)32-24(34)20(28)13-18-14-29-21-11-7-6-10-19(18)21/h3-11,14-16,20,22-23,29,33H,12-13,28H2,1-2H3,(H,30,35)(H,31,36)(H,32,34)(H,37,38). The van der Waals surface area contributed by atoms with Crippen molar-refractivity contribution in [2.45, 2.75) is 57.0 Å². The van der Waals surface area contributed by atoms with E-state index >= 15 is 0 Å². The number of H-pyrrole nitrogens is 1. The lowest BCUT2D eigenvalue weighted by atomic mass is 10.0. The number of benzene rings is 2. The van der Waals surface area contributed by atoms with Crippen molar-refractivity contribution in [1.82, 2.24) is 20.9 Å². The van der Waals surface area contributed by atoms with E-state index in [0.29, 0.717) is 5.56 Å². The summed E-state index contributed by atoms with van der Waals surface area (Å²) in [4.78, 5) is 53.2. The van der Waals surface area contributed by atoms with Crippen LogP contribution in [-0.2, 0) is 32.0 Å². The molecule has 11 nitrogen and oxygen atoms in total. The molecule has 0 saturated carbocycles. The number of nitrogens with two attached hydrogens (primary N) is 1. The van der Waals surface area contributed by atoms with E-state index in [2.05, 4.69) is 20.9 Å². The Kier molecular flexibility index (Phi) is 9.58. The van der Waals surface area contributed by atoms with Gasteiger partial charge in [-0.15, -0.1) is 0 Å². The van der Waals surface area contributed by atoms with Crippen LogP contribution in [0.15, 0.2) is 60.8 Å². The van der Waals surface area contributed by atoms with Crippen LogP contribution in [-0.4, -0.2) is 69.2 Å². The summed E-state index contributed by atoms with van der Waals surface area (Å²) in [6.07, 6.45) is 0.709. The SMILES string of the molecule is CC(NC(=O)C(Cc1ccccc1)NC(=O)C(NC(=O)C(N)Cc1c[nH]c2ccccc12)C(C)O)C(=O)O. The smallest absolute Gasteiger partial charge is 0.325 e. The van der Waals surface area contributed by atoms with Gasteiger partial charge in [-0.1, -0.05) is 48.5 Å². The molecular weight excluding hydrogens is 490 g/mol. The number of aliphatic hydroxyl groups excluding tert-OH is 1. The van der Waals surface area contributed by atoms with Crippen LogP contribution in [0.5, 0.6) is 0 Å². The molecule has 3 aromatic rings. The molecule has 38 heavy (non-hydrogen) atoms. The third-order valence-corrected chi connectivity index (χ3v) is 6.16. The van der Waals surface area contributed by atoms with Gasteiger partial charge in [0.1, 0.15) is 18.1 Å². The number of hydrogen-bond acceptors (Lipinski definition) is 6. The molecule has 1 heterocycles. The molecular formula is C27H33N5O6. The van der Waals surface area contributed by atoms with Crippen LogP contribution >= 0.6 is 0 Å². The van der Waals surface area contributed by atoms with Crippen molar-refractivity contribution in [2.24, 2.45) is 5.73 Å². The Hall–Kier alpha value is -4.22. The summed E-state index contributed by atoms with van der Waals surface area (Å²) in [7, 11) is 0. The Bertz CT molecular complexity index is 1280. The summed E-state index contributed by atoms with van der Waals surface area (Å²) in [5.41, 5.74) is 8.57. The van der Waals surface area contributed by atoms with Gasteiger partial charge in [0.25, 0.3) is 0 Å². The van der Waals surface area contributed by atoms with Gasteiger partial charge in [-0.05, 0) is 37.5 Å². The van der Waals surface area contributed by atoms with Crippen LogP contribution in [0.3, 0.4) is 0 Å². The van der Waals surface area contributed by atoms with Crippen LogP contribution in [0.4, 0.5) is 0 Å². The molecule has 2 aromatic carbocycles. The van der Waals surface area contributed by atoms with Crippen LogP contribution in [0.1, 0.15) is 25.0 Å². The Morgan fingerprint density at radius 1 is 0.868 bits per heavy atom. The second-order valence-electron chi connectivity index (χ2n) is 9.22. The molecule has 5 unspecified atom stereocenters. The Balaban J connectivity index is 1.71. The lowest BCUT2D eigenvalue weighted by Crippen LogP contribution is -2.60. The molecule has 0 bridgehead atoms. The fourth-order valence-electron chi connectivity index (χ4n) is 3.99. The monoisotopic (exact) mass is 523 g/mol. The summed E-state index contributed by atoms with van der Waals surface area (Å²) in [5, 5.41) is 27.7. The number of carbonyl (C=O) groups is 4. The van der Waals surface area contributed by atoms with Crippen molar-refractivity contribution in [1.29, 1.82) is 0 Å². The second kappa shape index (κ2) is 12.8. The van der Waals surface area contributed by atoms with Gasteiger partial charge in [0.15, 0.2) is 0 Å². The number of fused-ring (bicyclic) bond motifs is 1. The van der Waals surface area contributed by atoms with Crippen LogP contribution in [0.2, 0.25) is 0 Å². The summed E-state index contributed by atoms with van der Waals surface area (Å²) in [6.45, 7) is 2.63. The Morgan fingerprint density at radius 3 is 2.18 bits per heavy atom. The highest BCUT2D eigenvalue weighted by Gasteiger charge is 2.32. The topological polar surface area (TPSA) is 187 Å². The molecule has 0 aliphatic heterocycles. The molecule has 0 spiro atoms. The average Bonchev–Trinajstić information content (AvgIpc) is 3.29. The van der Waals surface area contributed by atoms with Crippen LogP contribution in [0.25, 0.3) is 10.9 Å². The van der Waals surface area contributed by atoms with Gasteiger partial charge >= 0.3 is 5.97 Å². The van der Waals surface area contributed by atoms with Crippen molar-refractivity contribution in [3.63, 3.8) is 0 Å². The zero-order valence-electron chi connectivity index (χ0n) is 21.2. The number of rotatable bonds is 12. The number of carbonyl (C=O) groups excluding carboxylic acids is 3. The van der Waals surface area contributed by atoms with Gasteiger partial charge in [-0.3, -0.25) is 19.2 Å². The quantitative estimate of drug-likeness (QED) is 0.177. The maximum absolute atomic E-state index is 13.1. The molecule has 0 saturated heterocycles. The average molecular weight is 524 g/mol. The fourth-order valence-corrected chi connectivity index (χ4v) is 3.99. The number of amides is 3. The zero-order valence-corrected chi connectivity index (χ0v) is 21.2. The number of aromatic amines is 1. The molecule has 3 amide bonds. The largest absolute Gasteiger partial charge is 0.480 e.